The van der Waals surface area contributed by atoms with Gasteiger partial charge in [0.15, 0.2) is 18.1 Å². The van der Waals surface area contributed by atoms with Gasteiger partial charge in [-0.25, -0.2) is 4.79 Å². The van der Waals surface area contributed by atoms with Crippen LogP contribution < -0.4 is 14.4 Å². The number of anilines is 1. The van der Waals surface area contributed by atoms with Gasteiger partial charge in [0.25, 0.3) is 0 Å². The van der Waals surface area contributed by atoms with Gasteiger partial charge in [0, 0.05) is 11.9 Å². The van der Waals surface area contributed by atoms with Crippen molar-refractivity contribution in [3.63, 3.8) is 0 Å². The number of Topliss-reactive ketones (excluding diaryl/α,β-unsaturated/α-hetero) is 1. The first-order valence-corrected chi connectivity index (χ1v) is 9.63. The monoisotopic (exact) mass is 408 g/mol. The molecule has 8 heteroatoms. The number of para-hydroxylation sites is 3. The Morgan fingerprint density at radius 3 is 2.69 bits per heavy atom. The minimum Gasteiger partial charge on any atom is -0.485 e. The summed E-state index contributed by atoms with van der Waals surface area (Å²) in [5, 5.41) is 10.0. The highest BCUT2D eigenvalue weighted by molar-refractivity contribution is 8.03. The van der Waals surface area contributed by atoms with Crippen LogP contribution in [0.15, 0.2) is 64.0 Å². The number of rotatable bonds is 4. The van der Waals surface area contributed by atoms with E-state index in [1.807, 2.05) is 30.3 Å². The number of hydrogen-bond acceptors (Lipinski definition) is 8. The van der Waals surface area contributed by atoms with Crippen LogP contribution in [0.4, 0.5) is 5.69 Å². The molecule has 0 spiro atoms. The van der Waals surface area contributed by atoms with Gasteiger partial charge in [-0.3, -0.25) is 4.79 Å². The molecule has 4 rings (SSSR count). The lowest BCUT2D eigenvalue weighted by atomic mass is 10.2. The number of esters is 1. The number of carbonyl (C=O) groups is 2. The molecule has 7 nitrogen and oxygen atoms in total. The van der Waals surface area contributed by atoms with Crippen LogP contribution in [0.25, 0.3) is 0 Å². The first kappa shape index (κ1) is 18.9. The lowest BCUT2D eigenvalue weighted by molar-refractivity contribution is -0.156. The van der Waals surface area contributed by atoms with E-state index in [1.54, 1.807) is 36.2 Å². The van der Waals surface area contributed by atoms with Gasteiger partial charge in [-0.15, -0.1) is 0 Å². The average molecular weight is 408 g/mol. The van der Waals surface area contributed by atoms with E-state index in [0.717, 1.165) is 10.6 Å². The molecule has 0 saturated carbocycles. The molecule has 2 heterocycles. The first-order valence-electron chi connectivity index (χ1n) is 8.82. The molecule has 2 aromatic rings. The Labute approximate surface area is 171 Å². The molecule has 0 unspecified atom stereocenters. The maximum absolute atomic E-state index is 12.6. The summed E-state index contributed by atoms with van der Waals surface area (Å²) < 4.78 is 16.2. The van der Waals surface area contributed by atoms with Crippen LogP contribution in [-0.4, -0.2) is 38.1 Å². The third kappa shape index (κ3) is 3.65. The zero-order chi connectivity index (χ0) is 20.4. The Kier molecular flexibility index (Phi) is 5.14. The molecule has 0 N–H and O–H groups in total. The molecule has 0 radical (unpaired) electrons. The van der Waals surface area contributed by atoms with E-state index in [0.29, 0.717) is 16.5 Å². The summed E-state index contributed by atoms with van der Waals surface area (Å²) in [5.41, 5.74) is 0.865. The van der Waals surface area contributed by atoms with Crippen LogP contribution in [0, 0.1) is 11.3 Å². The van der Waals surface area contributed by atoms with Crippen molar-refractivity contribution in [1.29, 1.82) is 5.26 Å². The van der Waals surface area contributed by atoms with Gasteiger partial charge in [-0.1, -0.05) is 36.0 Å². The maximum Gasteiger partial charge on any atom is 0.351 e. The van der Waals surface area contributed by atoms with Gasteiger partial charge >= 0.3 is 5.97 Å². The molecule has 1 atom stereocenters. The fourth-order valence-corrected chi connectivity index (χ4v) is 4.15. The normalized spacial score (nSPS) is 18.5. The highest BCUT2D eigenvalue weighted by Crippen LogP contribution is 2.46. The molecular weight excluding hydrogens is 392 g/mol. The summed E-state index contributed by atoms with van der Waals surface area (Å²) in [6.45, 7) is -0.554. The molecule has 0 fully saturated rings. The molecular formula is C21H16N2O5S. The number of thioether (sulfide) groups is 1. The summed E-state index contributed by atoms with van der Waals surface area (Å²) in [6, 6.07) is 16.5. The van der Waals surface area contributed by atoms with Gasteiger partial charge in [0.2, 0.25) is 11.9 Å². The number of nitrogens with zero attached hydrogens (tertiary/aromatic N) is 2. The second kappa shape index (κ2) is 7.89. The van der Waals surface area contributed by atoms with E-state index in [1.165, 1.54) is 11.8 Å². The molecule has 2 aliphatic heterocycles. The Bertz CT molecular complexity index is 1060. The fourth-order valence-electron chi connectivity index (χ4n) is 2.99. The van der Waals surface area contributed by atoms with Crippen LogP contribution in [0.5, 0.6) is 11.5 Å². The van der Waals surface area contributed by atoms with Gasteiger partial charge < -0.3 is 19.1 Å². The molecule has 29 heavy (non-hydrogen) atoms. The fraction of sp³-hybridized carbons (Fsp3) is 0.190. The molecule has 0 aromatic heterocycles. The Hall–Kier alpha value is -3.44. The third-order valence-corrected chi connectivity index (χ3v) is 5.70. The third-order valence-electron chi connectivity index (χ3n) is 4.46. The molecule has 0 bridgehead atoms. The van der Waals surface area contributed by atoms with Crippen molar-refractivity contribution < 1.29 is 23.8 Å². The SMILES string of the molecule is CN1/C(=C(\C#N)C(=O)COC(=O)[C@@H]2COc3ccccc3O2)Sc2ccccc21. The first-order chi connectivity index (χ1) is 14.1. The van der Waals surface area contributed by atoms with Gasteiger partial charge in [0.05, 0.1) is 5.69 Å². The van der Waals surface area contributed by atoms with Crippen molar-refractivity contribution in [3.05, 3.63) is 59.1 Å². The quantitative estimate of drug-likeness (QED) is 0.433. The van der Waals surface area contributed by atoms with Crippen molar-refractivity contribution in [1.82, 2.24) is 0 Å². The van der Waals surface area contributed by atoms with Crippen LogP contribution in [0.1, 0.15) is 0 Å². The summed E-state index contributed by atoms with van der Waals surface area (Å²) in [5.74, 6) is -0.301. The highest BCUT2D eigenvalue weighted by Gasteiger charge is 2.31. The Morgan fingerprint density at radius 1 is 1.21 bits per heavy atom. The maximum atomic E-state index is 12.6. The van der Waals surface area contributed by atoms with Crippen LogP contribution in [0.3, 0.4) is 0 Å². The van der Waals surface area contributed by atoms with Crippen LogP contribution in [-0.2, 0) is 14.3 Å². The largest absolute Gasteiger partial charge is 0.485 e. The van der Waals surface area contributed by atoms with Crippen molar-refractivity contribution >= 4 is 29.2 Å². The van der Waals surface area contributed by atoms with Crippen molar-refractivity contribution in [3.8, 4) is 17.6 Å². The number of hydrogen-bond donors (Lipinski definition) is 0. The zero-order valence-electron chi connectivity index (χ0n) is 15.5. The Morgan fingerprint density at radius 2 is 1.93 bits per heavy atom. The zero-order valence-corrected chi connectivity index (χ0v) is 16.3. The summed E-state index contributed by atoms with van der Waals surface area (Å²) >= 11 is 1.34. The van der Waals surface area contributed by atoms with Gasteiger partial charge in [0.1, 0.15) is 23.3 Å². The number of carbonyl (C=O) groups excluding carboxylic acids is 2. The van der Waals surface area contributed by atoms with E-state index >= 15 is 0 Å². The smallest absolute Gasteiger partial charge is 0.351 e. The highest BCUT2D eigenvalue weighted by atomic mass is 32.2. The van der Waals surface area contributed by atoms with Crippen LogP contribution in [0.2, 0.25) is 0 Å². The number of nitriles is 1. The van der Waals surface area contributed by atoms with E-state index in [9.17, 15) is 14.9 Å². The van der Waals surface area contributed by atoms with E-state index < -0.39 is 24.5 Å². The lowest BCUT2D eigenvalue weighted by Crippen LogP contribution is -2.38. The molecule has 0 aliphatic carbocycles. The summed E-state index contributed by atoms with van der Waals surface area (Å²) in [4.78, 5) is 27.6. The number of ketones is 1. The number of fused-ring (bicyclic) bond motifs is 2. The second-order valence-corrected chi connectivity index (χ2v) is 7.35. The molecule has 0 saturated heterocycles. The minimum atomic E-state index is -0.969. The molecule has 146 valence electrons. The standard InChI is InChI=1S/C21H16N2O5S/c1-23-14-6-2-5-9-19(14)29-20(23)13(10-22)15(24)11-27-21(25)18-12-26-16-7-3-4-8-17(16)28-18/h2-9,18H,11-12H2,1H3/b20-13-/t18-/m0/s1. The summed E-state index contributed by atoms with van der Waals surface area (Å²) in [7, 11) is 1.79. The molecule has 0 amide bonds. The van der Waals surface area contributed by atoms with E-state index in [-0.39, 0.29) is 12.2 Å². The summed E-state index contributed by atoms with van der Waals surface area (Å²) in [6.07, 6.45) is -0.969. The van der Waals surface area contributed by atoms with Gasteiger partial charge in [-0.05, 0) is 24.3 Å². The van der Waals surface area contributed by atoms with Crippen molar-refractivity contribution in [2.75, 3.05) is 25.2 Å². The van der Waals surface area contributed by atoms with E-state index in [2.05, 4.69) is 0 Å². The molecule has 2 aromatic carbocycles. The lowest BCUT2D eigenvalue weighted by Gasteiger charge is -2.24. The van der Waals surface area contributed by atoms with Crippen molar-refractivity contribution in [2.45, 2.75) is 11.0 Å². The number of benzene rings is 2. The minimum absolute atomic E-state index is 0.00979. The predicted octanol–water partition coefficient (Wildman–Crippen LogP) is 2.92. The number of ether oxygens (including phenoxy) is 3. The van der Waals surface area contributed by atoms with E-state index in [4.69, 9.17) is 14.2 Å². The predicted molar refractivity (Wildman–Crippen MR) is 106 cm³/mol. The van der Waals surface area contributed by atoms with Gasteiger partial charge in [-0.2, -0.15) is 5.26 Å². The molecule has 2 aliphatic rings. The topological polar surface area (TPSA) is 88.9 Å². The second-order valence-electron chi connectivity index (χ2n) is 6.32. The Balaban J connectivity index is 1.42. The average Bonchev–Trinajstić information content (AvgIpc) is 3.08. The van der Waals surface area contributed by atoms with Crippen LogP contribution >= 0.6 is 11.8 Å². The van der Waals surface area contributed by atoms with Crippen molar-refractivity contribution in [2.24, 2.45) is 0 Å².